The lowest BCUT2D eigenvalue weighted by Crippen LogP contribution is -1.85. The fraction of sp³-hybridized carbons (Fsp3) is 0.167. The predicted octanol–water partition coefficient (Wildman–Crippen LogP) is 3.48. The number of nitrogens with zero attached hydrogens (tertiary/aromatic N) is 1. The molecule has 0 spiro atoms. The van der Waals surface area contributed by atoms with Gasteiger partial charge in [0.05, 0.1) is 0 Å². The number of rotatable bonds is 3. The van der Waals surface area contributed by atoms with Crippen molar-refractivity contribution in [2.45, 2.75) is 13.3 Å². The molecule has 16 heavy (non-hydrogen) atoms. The highest BCUT2D eigenvalue weighted by atomic mass is 79.9. The van der Waals surface area contributed by atoms with Gasteiger partial charge in [0, 0.05) is 16.5 Å². The number of halogens is 1. The van der Waals surface area contributed by atoms with E-state index in [0.717, 1.165) is 21.5 Å². The topological polar surface area (TPSA) is 43.1 Å². The Balaban J connectivity index is 2.59. The van der Waals surface area contributed by atoms with Gasteiger partial charge in [-0.05, 0) is 6.07 Å². The number of aldehydes is 1. The van der Waals surface area contributed by atoms with Crippen LogP contribution in [0, 0.1) is 0 Å². The first kappa shape index (κ1) is 11.1. The van der Waals surface area contributed by atoms with E-state index in [0.29, 0.717) is 12.7 Å². The molecule has 1 heterocycles. The maximum absolute atomic E-state index is 10.6. The van der Waals surface area contributed by atoms with Gasteiger partial charge in [-0.3, -0.25) is 4.79 Å². The summed E-state index contributed by atoms with van der Waals surface area (Å²) in [5.74, 6) is 0.858. The molecule has 0 atom stereocenters. The molecule has 1 aromatic carbocycles. The summed E-state index contributed by atoms with van der Waals surface area (Å²) in [4.78, 5) is 14.8. The number of oxazole rings is 1. The molecule has 0 amide bonds. The minimum absolute atomic E-state index is 0.127. The average Bonchev–Trinajstić information content (AvgIpc) is 2.72. The largest absolute Gasteiger partial charge is 0.438 e. The third-order valence-corrected chi connectivity index (χ3v) is 2.96. The first-order valence-electron chi connectivity index (χ1n) is 4.96. The molecule has 0 saturated heterocycles. The molecule has 2 aromatic rings. The van der Waals surface area contributed by atoms with Crippen molar-refractivity contribution in [1.29, 1.82) is 0 Å². The standard InChI is InChI=1S/C12H10BrNO2/c1-2-10-12(14-11(7-15)16-10)8-5-3-4-6-9(8)13/h3-7H,2H2,1H3. The van der Waals surface area contributed by atoms with Crippen LogP contribution >= 0.6 is 15.9 Å². The molecule has 0 N–H and O–H groups in total. The van der Waals surface area contributed by atoms with Gasteiger partial charge < -0.3 is 4.42 Å². The Morgan fingerprint density at radius 1 is 1.44 bits per heavy atom. The lowest BCUT2D eigenvalue weighted by Gasteiger charge is -2.01. The van der Waals surface area contributed by atoms with Crippen molar-refractivity contribution < 1.29 is 9.21 Å². The second kappa shape index (κ2) is 4.61. The molecule has 0 aliphatic rings. The number of hydrogen-bond acceptors (Lipinski definition) is 3. The second-order valence-electron chi connectivity index (χ2n) is 3.28. The number of carbonyl (C=O) groups excluding carboxylic acids is 1. The molecule has 2 rings (SSSR count). The lowest BCUT2D eigenvalue weighted by molar-refractivity contribution is 0.109. The van der Waals surface area contributed by atoms with Crippen LogP contribution in [0.15, 0.2) is 33.2 Å². The Labute approximate surface area is 102 Å². The number of aryl methyl sites for hydroxylation is 1. The van der Waals surface area contributed by atoms with Crippen LogP contribution < -0.4 is 0 Å². The van der Waals surface area contributed by atoms with E-state index in [1.165, 1.54) is 0 Å². The van der Waals surface area contributed by atoms with Crippen molar-refractivity contribution in [3.8, 4) is 11.3 Å². The van der Waals surface area contributed by atoms with Crippen molar-refractivity contribution in [3.63, 3.8) is 0 Å². The molecule has 0 aliphatic carbocycles. The SMILES string of the molecule is CCc1oc(C=O)nc1-c1ccccc1Br. The second-order valence-corrected chi connectivity index (χ2v) is 4.13. The van der Waals surface area contributed by atoms with Gasteiger partial charge in [0.25, 0.3) is 5.89 Å². The maximum atomic E-state index is 10.6. The fourth-order valence-electron chi connectivity index (χ4n) is 1.52. The van der Waals surface area contributed by atoms with E-state index in [1.807, 2.05) is 31.2 Å². The number of carbonyl (C=O) groups is 1. The van der Waals surface area contributed by atoms with Crippen LogP contribution in [0.2, 0.25) is 0 Å². The Hall–Kier alpha value is -1.42. The monoisotopic (exact) mass is 279 g/mol. The molecule has 82 valence electrons. The quantitative estimate of drug-likeness (QED) is 0.808. The number of benzene rings is 1. The Kier molecular flexibility index (Phi) is 3.19. The summed E-state index contributed by atoms with van der Waals surface area (Å²) in [7, 11) is 0. The number of aromatic nitrogens is 1. The fourth-order valence-corrected chi connectivity index (χ4v) is 2.00. The van der Waals surface area contributed by atoms with Crippen molar-refractivity contribution in [2.24, 2.45) is 0 Å². The van der Waals surface area contributed by atoms with Crippen molar-refractivity contribution in [1.82, 2.24) is 4.98 Å². The van der Waals surface area contributed by atoms with E-state index in [2.05, 4.69) is 20.9 Å². The molecule has 0 unspecified atom stereocenters. The zero-order chi connectivity index (χ0) is 11.5. The molecule has 3 nitrogen and oxygen atoms in total. The summed E-state index contributed by atoms with van der Waals surface area (Å²) >= 11 is 3.46. The minimum Gasteiger partial charge on any atom is -0.438 e. The Morgan fingerprint density at radius 2 is 2.19 bits per heavy atom. The normalized spacial score (nSPS) is 10.4. The van der Waals surface area contributed by atoms with Gasteiger partial charge in [-0.25, -0.2) is 4.98 Å². The average molecular weight is 280 g/mol. The van der Waals surface area contributed by atoms with E-state index in [4.69, 9.17) is 4.42 Å². The highest BCUT2D eigenvalue weighted by molar-refractivity contribution is 9.10. The summed E-state index contributed by atoms with van der Waals surface area (Å²) < 4.78 is 6.26. The van der Waals surface area contributed by atoms with Gasteiger partial charge in [-0.15, -0.1) is 0 Å². The van der Waals surface area contributed by atoms with Crippen molar-refractivity contribution >= 4 is 22.2 Å². The number of hydrogen-bond donors (Lipinski definition) is 0. The Bertz CT molecular complexity index is 519. The van der Waals surface area contributed by atoms with Crippen LogP contribution in [0.4, 0.5) is 0 Å². The summed E-state index contributed by atoms with van der Waals surface area (Å²) in [6.45, 7) is 1.97. The summed E-state index contributed by atoms with van der Waals surface area (Å²) in [5.41, 5.74) is 1.67. The maximum Gasteiger partial charge on any atom is 0.260 e. The van der Waals surface area contributed by atoms with Crippen molar-refractivity contribution in [3.05, 3.63) is 40.4 Å². The third kappa shape index (κ3) is 1.93. The zero-order valence-corrected chi connectivity index (χ0v) is 10.3. The van der Waals surface area contributed by atoms with Crippen LogP contribution in [0.5, 0.6) is 0 Å². The molecule has 0 aliphatic heterocycles. The van der Waals surface area contributed by atoms with Crippen LogP contribution in [0.3, 0.4) is 0 Å². The molecule has 1 aromatic heterocycles. The molecule has 0 fully saturated rings. The molecular weight excluding hydrogens is 270 g/mol. The van der Waals surface area contributed by atoms with Gasteiger partial charge in [0.15, 0.2) is 0 Å². The van der Waals surface area contributed by atoms with Crippen LogP contribution in [0.25, 0.3) is 11.3 Å². The third-order valence-electron chi connectivity index (χ3n) is 2.26. The first-order valence-corrected chi connectivity index (χ1v) is 5.75. The molecule has 0 saturated carbocycles. The highest BCUT2D eigenvalue weighted by Crippen LogP contribution is 2.30. The van der Waals surface area contributed by atoms with Gasteiger partial charge in [-0.2, -0.15) is 0 Å². The van der Waals surface area contributed by atoms with Crippen molar-refractivity contribution in [2.75, 3.05) is 0 Å². The van der Waals surface area contributed by atoms with E-state index in [-0.39, 0.29) is 5.89 Å². The molecule has 0 bridgehead atoms. The lowest BCUT2D eigenvalue weighted by atomic mass is 10.1. The van der Waals surface area contributed by atoms with Gasteiger partial charge >= 0.3 is 0 Å². The summed E-state index contributed by atoms with van der Waals surface area (Å²) in [6, 6.07) is 7.73. The molecule has 0 radical (unpaired) electrons. The summed E-state index contributed by atoms with van der Waals surface area (Å²) in [6.07, 6.45) is 1.33. The van der Waals surface area contributed by atoms with Gasteiger partial charge in [-0.1, -0.05) is 41.1 Å². The highest BCUT2D eigenvalue weighted by Gasteiger charge is 2.14. The predicted molar refractivity (Wildman–Crippen MR) is 64.4 cm³/mol. The van der Waals surface area contributed by atoms with Crippen LogP contribution in [-0.4, -0.2) is 11.3 Å². The zero-order valence-electron chi connectivity index (χ0n) is 8.74. The van der Waals surface area contributed by atoms with Gasteiger partial charge in [0.1, 0.15) is 11.5 Å². The summed E-state index contributed by atoms with van der Waals surface area (Å²) in [5, 5.41) is 0. The smallest absolute Gasteiger partial charge is 0.260 e. The molecular formula is C12H10BrNO2. The van der Waals surface area contributed by atoms with Gasteiger partial charge in [0.2, 0.25) is 6.29 Å². The minimum atomic E-state index is 0.127. The van der Waals surface area contributed by atoms with Crippen LogP contribution in [0.1, 0.15) is 23.4 Å². The van der Waals surface area contributed by atoms with E-state index in [1.54, 1.807) is 0 Å². The van der Waals surface area contributed by atoms with E-state index in [9.17, 15) is 4.79 Å². The van der Waals surface area contributed by atoms with E-state index < -0.39 is 0 Å². The van der Waals surface area contributed by atoms with E-state index >= 15 is 0 Å². The molecule has 4 heteroatoms. The van der Waals surface area contributed by atoms with Crippen LogP contribution in [-0.2, 0) is 6.42 Å². The Morgan fingerprint density at radius 3 is 2.81 bits per heavy atom. The first-order chi connectivity index (χ1) is 7.76.